The summed E-state index contributed by atoms with van der Waals surface area (Å²) in [5.41, 5.74) is 0.888. The zero-order valence-corrected chi connectivity index (χ0v) is 16.6. The fraction of sp³-hybridized carbons (Fsp3) is 0.722. The molecule has 1 aromatic rings. The van der Waals surface area contributed by atoms with Gasteiger partial charge in [-0.15, -0.1) is 0 Å². The quantitative estimate of drug-likeness (QED) is 0.436. The summed E-state index contributed by atoms with van der Waals surface area (Å²) in [6.07, 6.45) is 7.21. The Morgan fingerprint density at radius 1 is 1.26 bits per heavy atom. The molecule has 0 radical (unpaired) electrons. The molecule has 2 N–H and O–H groups in total. The van der Waals surface area contributed by atoms with Crippen LogP contribution in [0.5, 0.6) is 0 Å². The average Bonchev–Trinajstić information content (AvgIpc) is 3.16. The number of imide groups is 1. The van der Waals surface area contributed by atoms with Crippen LogP contribution < -0.4 is 5.32 Å². The number of nitrogens with zero attached hydrogens (tertiary/aromatic N) is 2. The number of imidazole rings is 1. The summed E-state index contributed by atoms with van der Waals surface area (Å²) in [7, 11) is -3.14. The number of unbranched alkanes of at least 4 members (excludes halogenated alkanes) is 2. The Balaban J connectivity index is 1.35. The van der Waals surface area contributed by atoms with Crippen molar-refractivity contribution in [2.24, 2.45) is 5.92 Å². The van der Waals surface area contributed by atoms with Crippen LogP contribution in [0.25, 0.3) is 0 Å². The zero-order valence-electron chi connectivity index (χ0n) is 15.7. The van der Waals surface area contributed by atoms with Crippen LogP contribution in [0.4, 0.5) is 4.79 Å². The van der Waals surface area contributed by atoms with E-state index in [-0.39, 0.29) is 35.9 Å². The van der Waals surface area contributed by atoms with Crippen molar-refractivity contribution in [1.29, 1.82) is 0 Å². The summed E-state index contributed by atoms with van der Waals surface area (Å²) in [5, 5.41) is 2.23. The molecule has 8 nitrogen and oxygen atoms in total. The lowest BCUT2D eigenvalue weighted by Crippen LogP contribution is -2.29. The summed E-state index contributed by atoms with van der Waals surface area (Å²) in [5.74, 6) is 1.58. The second-order valence-electron chi connectivity index (χ2n) is 7.78. The second-order valence-corrected chi connectivity index (χ2v) is 10.0. The summed E-state index contributed by atoms with van der Waals surface area (Å²) in [6.45, 7) is 2.49. The number of hydrogen-bond donors (Lipinski definition) is 2. The van der Waals surface area contributed by atoms with Gasteiger partial charge in [0.2, 0.25) is 5.91 Å². The molecule has 27 heavy (non-hydrogen) atoms. The maximum absolute atomic E-state index is 12.4. The van der Waals surface area contributed by atoms with Crippen LogP contribution in [0.2, 0.25) is 0 Å². The Morgan fingerprint density at radius 3 is 2.70 bits per heavy atom. The van der Waals surface area contributed by atoms with E-state index >= 15 is 0 Å². The normalized spacial score (nSPS) is 18.8. The summed E-state index contributed by atoms with van der Waals surface area (Å²) >= 11 is 0. The number of aromatic amines is 1. The number of carbonyl (C=O) groups excluding carboxylic acids is 2. The van der Waals surface area contributed by atoms with Crippen molar-refractivity contribution in [3.63, 3.8) is 0 Å². The number of rotatable bonds is 11. The van der Waals surface area contributed by atoms with Crippen LogP contribution in [-0.2, 0) is 21.1 Å². The molecule has 2 fully saturated rings. The molecule has 1 saturated carbocycles. The van der Waals surface area contributed by atoms with Crippen LogP contribution >= 0.6 is 0 Å². The molecule has 2 heterocycles. The minimum atomic E-state index is -3.14. The molecular formula is C18H28N4O4S. The standard InChI is InChI=1S/C18H28N4O4S/c1-13(15-10-19-16(20-15)9-14-5-6-14)12-27(25,26)8-4-2-3-7-22-11-17(23)21-18(22)24/h10,13-14H,2-9,11-12H2,1H3,(H,19,20)(H,21,23,24). The third kappa shape index (κ3) is 6.05. The molecule has 0 bridgehead atoms. The molecular weight excluding hydrogens is 368 g/mol. The Kier molecular flexibility index (Phi) is 6.18. The van der Waals surface area contributed by atoms with Crippen molar-refractivity contribution in [1.82, 2.24) is 20.2 Å². The van der Waals surface area contributed by atoms with Crippen molar-refractivity contribution in [2.45, 2.75) is 51.4 Å². The summed E-state index contributed by atoms with van der Waals surface area (Å²) in [6, 6.07) is -0.359. The lowest BCUT2D eigenvalue weighted by molar-refractivity contribution is -0.118. The predicted molar refractivity (Wildman–Crippen MR) is 101 cm³/mol. The SMILES string of the molecule is CC(CS(=O)(=O)CCCCCN1CC(=O)NC1=O)c1cnc(CC2CC2)[nH]1. The first kappa shape index (κ1) is 19.9. The highest BCUT2D eigenvalue weighted by molar-refractivity contribution is 7.91. The number of amides is 3. The van der Waals surface area contributed by atoms with Gasteiger partial charge in [-0.1, -0.05) is 13.3 Å². The minimum Gasteiger partial charge on any atom is -0.346 e. The summed E-state index contributed by atoms with van der Waals surface area (Å²) < 4.78 is 24.7. The largest absolute Gasteiger partial charge is 0.346 e. The van der Waals surface area contributed by atoms with Crippen LogP contribution in [0, 0.1) is 5.92 Å². The van der Waals surface area contributed by atoms with E-state index in [4.69, 9.17) is 0 Å². The van der Waals surface area contributed by atoms with E-state index in [1.165, 1.54) is 17.7 Å². The fourth-order valence-electron chi connectivity index (χ4n) is 3.35. The number of carbonyl (C=O) groups is 2. The first-order valence-corrected chi connectivity index (χ1v) is 11.5. The van der Waals surface area contributed by atoms with Crippen LogP contribution in [0.3, 0.4) is 0 Å². The topological polar surface area (TPSA) is 112 Å². The van der Waals surface area contributed by atoms with Gasteiger partial charge in [0, 0.05) is 30.8 Å². The van der Waals surface area contributed by atoms with Crippen molar-refractivity contribution in [3.05, 3.63) is 17.7 Å². The van der Waals surface area contributed by atoms with E-state index < -0.39 is 9.84 Å². The number of sulfone groups is 1. The number of aromatic nitrogens is 2. The third-order valence-corrected chi connectivity index (χ3v) is 7.03. The van der Waals surface area contributed by atoms with Gasteiger partial charge in [-0.3, -0.25) is 10.1 Å². The second kappa shape index (κ2) is 8.41. The maximum atomic E-state index is 12.4. The molecule has 9 heteroatoms. The smallest absolute Gasteiger partial charge is 0.324 e. The Morgan fingerprint density at radius 2 is 2.04 bits per heavy atom. The number of H-pyrrole nitrogens is 1. The molecule has 1 unspecified atom stereocenters. The van der Waals surface area contributed by atoms with Crippen LogP contribution in [0.1, 0.15) is 56.5 Å². The highest BCUT2D eigenvalue weighted by Crippen LogP contribution is 2.32. The summed E-state index contributed by atoms with van der Waals surface area (Å²) in [4.78, 5) is 31.6. The molecule has 1 aliphatic heterocycles. The van der Waals surface area contributed by atoms with Crippen LogP contribution in [0.15, 0.2) is 6.20 Å². The van der Waals surface area contributed by atoms with Gasteiger partial charge < -0.3 is 9.88 Å². The maximum Gasteiger partial charge on any atom is 0.324 e. The Labute approximate surface area is 160 Å². The Bertz CT molecular complexity index is 785. The number of nitrogens with one attached hydrogen (secondary N) is 2. The third-order valence-electron chi connectivity index (χ3n) is 5.11. The Hall–Kier alpha value is -1.90. The molecule has 1 saturated heterocycles. The number of urea groups is 1. The molecule has 150 valence electrons. The zero-order chi connectivity index (χ0) is 19.4. The van der Waals surface area contributed by atoms with Gasteiger partial charge in [0.05, 0.1) is 11.5 Å². The molecule has 1 aromatic heterocycles. The van der Waals surface area contributed by atoms with E-state index in [0.717, 1.165) is 23.9 Å². The van der Waals surface area contributed by atoms with E-state index in [0.29, 0.717) is 25.8 Å². The highest BCUT2D eigenvalue weighted by atomic mass is 32.2. The first-order valence-electron chi connectivity index (χ1n) is 9.65. The molecule has 2 aliphatic rings. The molecule has 0 aromatic carbocycles. The number of hydrogen-bond acceptors (Lipinski definition) is 5. The van der Waals surface area contributed by atoms with Gasteiger partial charge in [0.25, 0.3) is 0 Å². The molecule has 1 atom stereocenters. The molecule has 1 aliphatic carbocycles. The van der Waals surface area contributed by atoms with Gasteiger partial charge in [-0.2, -0.15) is 0 Å². The van der Waals surface area contributed by atoms with Gasteiger partial charge in [0.15, 0.2) is 9.84 Å². The van der Waals surface area contributed by atoms with Crippen molar-refractivity contribution in [2.75, 3.05) is 24.6 Å². The van der Waals surface area contributed by atoms with E-state index in [2.05, 4.69) is 15.3 Å². The lowest BCUT2D eigenvalue weighted by Gasteiger charge is -2.13. The van der Waals surface area contributed by atoms with Gasteiger partial charge in [0.1, 0.15) is 12.4 Å². The highest BCUT2D eigenvalue weighted by Gasteiger charge is 2.26. The van der Waals surface area contributed by atoms with Crippen molar-refractivity contribution >= 4 is 21.8 Å². The van der Waals surface area contributed by atoms with E-state index in [9.17, 15) is 18.0 Å². The van der Waals surface area contributed by atoms with Crippen LogP contribution in [-0.4, -0.2) is 59.8 Å². The first-order chi connectivity index (χ1) is 12.8. The predicted octanol–water partition coefficient (Wildman–Crippen LogP) is 1.60. The molecule has 0 spiro atoms. The molecule has 3 amide bonds. The van der Waals surface area contributed by atoms with Crippen molar-refractivity contribution in [3.8, 4) is 0 Å². The fourth-order valence-corrected chi connectivity index (χ4v) is 5.10. The minimum absolute atomic E-state index is 0.0988. The molecule has 3 rings (SSSR count). The van der Waals surface area contributed by atoms with E-state index in [1.54, 1.807) is 6.20 Å². The van der Waals surface area contributed by atoms with Gasteiger partial charge in [-0.05, 0) is 31.6 Å². The van der Waals surface area contributed by atoms with E-state index in [1.807, 2.05) is 6.92 Å². The monoisotopic (exact) mass is 396 g/mol. The lowest BCUT2D eigenvalue weighted by atomic mass is 10.1. The average molecular weight is 397 g/mol. The van der Waals surface area contributed by atoms with Gasteiger partial charge >= 0.3 is 6.03 Å². The van der Waals surface area contributed by atoms with Gasteiger partial charge in [-0.25, -0.2) is 18.2 Å². The van der Waals surface area contributed by atoms with Crippen molar-refractivity contribution < 1.29 is 18.0 Å².